The molecular weight excluding hydrogens is 280 g/mol. The minimum atomic E-state index is -0.187. The SMILES string of the molecule is O=C(Nc1ccccc1)[C@H]1CCCN(C(=O)c2ccco2)C1. The van der Waals surface area contributed by atoms with Gasteiger partial charge in [-0.25, -0.2) is 0 Å². The molecule has 2 heterocycles. The van der Waals surface area contributed by atoms with E-state index >= 15 is 0 Å². The van der Waals surface area contributed by atoms with E-state index in [-0.39, 0.29) is 17.7 Å². The number of hydrogen-bond acceptors (Lipinski definition) is 3. The number of anilines is 1. The summed E-state index contributed by atoms with van der Waals surface area (Å²) >= 11 is 0. The van der Waals surface area contributed by atoms with Gasteiger partial charge in [0.1, 0.15) is 0 Å². The van der Waals surface area contributed by atoms with Crippen LogP contribution in [-0.2, 0) is 4.79 Å². The molecule has 5 nitrogen and oxygen atoms in total. The lowest BCUT2D eigenvalue weighted by Gasteiger charge is -2.31. The lowest BCUT2D eigenvalue weighted by atomic mass is 9.96. The maximum absolute atomic E-state index is 12.3. The van der Waals surface area contributed by atoms with E-state index in [1.807, 2.05) is 30.3 Å². The predicted molar refractivity (Wildman–Crippen MR) is 82.4 cm³/mol. The number of amides is 2. The van der Waals surface area contributed by atoms with Gasteiger partial charge >= 0.3 is 0 Å². The second kappa shape index (κ2) is 6.47. The van der Waals surface area contributed by atoms with Crippen molar-refractivity contribution in [2.75, 3.05) is 18.4 Å². The van der Waals surface area contributed by atoms with Crippen molar-refractivity contribution in [3.05, 3.63) is 54.5 Å². The van der Waals surface area contributed by atoms with Gasteiger partial charge in [-0.3, -0.25) is 9.59 Å². The van der Waals surface area contributed by atoms with E-state index in [0.717, 1.165) is 18.5 Å². The molecule has 0 radical (unpaired) electrons. The van der Waals surface area contributed by atoms with Crippen molar-refractivity contribution in [2.45, 2.75) is 12.8 Å². The van der Waals surface area contributed by atoms with Crippen LogP contribution in [0, 0.1) is 5.92 Å². The van der Waals surface area contributed by atoms with E-state index < -0.39 is 0 Å². The molecule has 1 aliphatic heterocycles. The van der Waals surface area contributed by atoms with Gasteiger partial charge in [0.25, 0.3) is 5.91 Å². The molecule has 0 bridgehead atoms. The first-order valence-electron chi connectivity index (χ1n) is 7.43. The molecule has 1 saturated heterocycles. The van der Waals surface area contributed by atoms with E-state index in [1.165, 1.54) is 6.26 Å². The lowest BCUT2D eigenvalue weighted by molar-refractivity contribution is -0.121. The van der Waals surface area contributed by atoms with Crippen molar-refractivity contribution in [2.24, 2.45) is 5.92 Å². The van der Waals surface area contributed by atoms with Crippen molar-refractivity contribution < 1.29 is 14.0 Å². The van der Waals surface area contributed by atoms with Crippen LogP contribution in [-0.4, -0.2) is 29.8 Å². The second-order valence-electron chi connectivity index (χ2n) is 5.42. The molecule has 3 rings (SSSR count). The number of piperidine rings is 1. The van der Waals surface area contributed by atoms with E-state index in [9.17, 15) is 9.59 Å². The van der Waals surface area contributed by atoms with Crippen molar-refractivity contribution in [1.82, 2.24) is 4.90 Å². The molecule has 2 aromatic rings. The van der Waals surface area contributed by atoms with Crippen LogP contribution in [0.5, 0.6) is 0 Å². The van der Waals surface area contributed by atoms with E-state index in [4.69, 9.17) is 4.42 Å². The van der Waals surface area contributed by atoms with E-state index in [1.54, 1.807) is 17.0 Å². The molecule has 0 unspecified atom stereocenters. The molecule has 0 spiro atoms. The highest BCUT2D eigenvalue weighted by Crippen LogP contribution is 2.20. The average molecular weight is 298 g/mol. The highest BCUT2D eigenvalue weighted by molar-refractivity contribution is 5.94. The number of para-hydroxylation sites is 1. The highest BCUT2D eigenvalue weighted by atomic mass is 16.3. The van der Waals surface area contributed by atoms with Crippen LogP contribution in [0.15, 0.2) is 53.1 Å². The number of likely N-dealkylation sites (tertiary alicyclic amines) is 1. The van der Waals surface area contributed by atoms with Crippen LogP contribution in [0.4, 0.5) is 5.69 Å². The minimum absolute atomic E-state index is 0.0388. The van der Waals surface area contributed by atoms with Crippen LogP contribution in [0.2, 0.25) is 0 Å². The lowest BCUT2D eigenvalue weighted by Crippen LogP contribution is -2.43. The Hall–Kier alpha value is -2.56. The molecule has 1 N–H and O–H groups in total. The molecule has 114 valence electrons. The molecular formula is C17H18N2O3. The third-order valence-corrected chi connectivity index (χ3v) is 3.85. The Morgan fingerprint density at radius 3 is 2.68 bits per heavy atom. The van der Waals surface area contributed by atoms with Gasteiger partial charge in [0.05, 0.1) is 12.2 Å². The van der Waals surface area contributed by atoms with Gasteiger partial charge in [-0.15, -0.1) is 0 Å². The molecule has 1 aromatic heterocycles. The van der Waals surface area contributed by atoms with Gasteiger partial charge in [-0.2, -0.15) is 0 Å². The van der Waals surface area contributed by atoms with Gasteiger partial charge in [-0.05, 0) is 37.1 Å². The topological polar surface area (TPSA) is 62.6 Å². The molecule has 1 atom stereocenters. The quantitative estimate of drug-likeness (QED) is 0.947. The summed E-state index contributed by atoms with van der Waals surface area (Å²) in [5, 5.41) is 2.91. The number of nitrogens with zero attached hydrogens (tertiary/aromatic N) is 1. The Morgan fingerprint density at radius 1 is 1.14 bits per heavy atom. The predicted octanol–water partition coefficient (Wildman–Crippen LogP) is 2.77. The molecule has 2 amide bonds. The normalized spacial score (nSPS) is 18.0. The van der Waals surface area contributed by atoms with Crippen LogP contribution < -0.4 is 5.32 Å². The summed E-state index contributed by atoms with van der Waals surface area (Å²) in [7, 11) is 0. The standard InChI is InChI=1S/C17H18N2O3/c20-16(18-14-7-2-1-3-8-14)13-6-4-10-19(12-13)17(21)15-9-5-11-22-15/h1-3,5,7-9,11,13H,4,6,10,12H2,(H,18,20)/t13-/m0/s1. The van der Waals surface area contributed by atoms with E-state index in [2.05, 4.69) is 5.32 Å². The fraction of sp³-hybridized carbons (Fsp3) is 0.294. The monoisotopic (exact) mass is 298 g/mol. The first-order valence-corrected chi connectivity index (χ1v) is 7.43. The van der Waals surface area contributed by atoms with Gasteiger partial charge < -0.3 is 14.6 Å². The van der Waals surface area contributed by atoms with Crippen molar-refractivity contribution in [1.29, 1.82) is 0 Å². The van der Waals surface area contributed by atoms with Crippen molar-refractivity contribution in [3.8, 4) is 0 Å². The first kappa shape index (κ1) is 14.4. The molecule has 22 heavy (non-hydrogen) atoms. The largest absolute Gasteiger partial charge is 0.459 e. The summed E-state index contributed by atoms with van der Waals surface area (Å²) in [5.41, 5.74) is 0.780. The summed E-state index contributed by atoms with van der Waals surface area (Å²) in [4.78, 5) is 26.3. The zero-order valence-electron chi connectivity index (χ0n) is 12.2. The van der Waals surface area contributed by atoms with Crippen LogP contribution in [0.3, 0.4) is 0 Å². The summed E-state index contributed by atoms with van der Waals surface area (Å²) in [6.07, 6.45) is 3.09. The van der Waals surface area contributed by atoms with Gasteiger partial charge in [0.2, 0.25) is 5.91 Å². The maximum Gasteiger partial charge on any atom is 0.289 e. The summed E-state index contributed by atoms with van der Waals surface area (Å²) in [5.74, 6) is -0.0534. The number of carbonyl (C=O) groups excluding carboxylic acids is 2. The van der Waals surface area contributed by atoms with Gasteiger partial charge in [0.15, 0.2) is 5.76 Å². The molecule has 5 heteroatoms. The fourth-order valence-corrected chi connectivity index (χ4v) is 2.70. The third kappa shape index (κ3) is 3.19. The Labute approximate surface area is 128 Å². The Balaban J connectivity index is 1.63. The highest BCUT2D eigenvalue weighted by Gasteiger charge is 2.29. The van der Waals surface area contributed by atoms with Crippen molar-refractivity contribution >= 4 is 17.5 Å². The number of furan rings is 1. The molecule has 1 aromatic carbocycles. The van der Waals surface area contributed by atoms with Crippen LogP contribution >= 0.6 is 0 Å². The minimum Gasteiger partial charge on any atom is -0.459 e. The number of benzene rings is 1. The number of carbonyl (C=O) groups is 2. The zero-order chi connectivity index (χ0) is 15.4. The summed E-state index contributed by atoms with van der Waals surface area (Å²) in [6.45, 7) is 1.09. The third-order valence-electron chi connectivity index (χ3n) is 3.85. The van der Waals surface area contributed by atoms with Crippen LogP contribution in [0.25, 0.3) is 0 Å². The number of nitrogens with one attached hydrogen (secondary N) is 1. The number of hydrogen-bond donors (Lipinski definition) is 1. The Kier molecular flexibility index (Phi) is 4.23. The summed E-state index contributed by atoms with van der Waals surface area (Å²) in [6, 6.07) is 12.7. The molecule has 1 fully saturated rings. The molecule has 0 saturated carbocycles. The number of rotatable bonds is 3. The fourth-order valence-electron chi connectivity index (χ4n) is 2.70. The Bertz CT molecular complexity index is 637. The van der Waals surface area contributed by atoms with Crippen molar-refractivity contribution in [3.63, 3.8) is 0 Å². The second-order valence-corrected chi connectivity index (χ2v) is 5.42. The zero-order valence-corrected chi connectivity index (χ0v) is 12.2. The smallest absolute Gasteiger partial charge is 0.289 e. The van der Waals surface area contributed by atoms with Crippen LogP contribution in [0.1, 0.15) is 23.4 Å². The molecule has 1 aliphatic rings. The summed E-state index contributed by atoms with van der Waals surface area (Å²) < 4.78 is 5.15. The molecule has 0 aliphatic carbocycles. The first-order chi connectivity index (χ1) is 10.7. The Morgan fingerprint density at radius 2 is 1.95 bits per heavy atom. The van der Waals surface area contributed by atoms with Gasteiger partial charge in [0, 0.05) is 18.8 Å². The van der Waals surface area contributed by atoms with Gasteiger partial charge in [-0.1, -0.05) is 18.2 Å². The maximum atomic E-state index is 12.3. The van der Waals surface area contributed by atoms with E-state index in [0.29, 0.717) is 18.8 Å². The average Bonchev–Trinajstić information content (AvgIpc) is 3.09.